The Balaban J connectivity index is 2.53. The lowest BCUT2D eigenvalue weighted by atomic mass is 9.91. The molecule has 2 rings (SSSR count). The predicted molar refractivity (Wildman–Crippen MR) is 58.9 cm³/mol. The molecule has 1 aromatic carbocycles. The minimum Gasteiger partial charge on any atom is -0.299 e. The van der Waals surface area contributed by atoms with Crippen LogP contribution in [0.15, 0.2) is 21.1 Å². The fraction of sp³-hybridized carbons (Fsp3) is 0.300. The molecule has 0 saturated carbocycles. The van der Waals surface area contributed by atoms with Gasteiger partial charge in [-0.3, -0.25) is 4.79 Å². The van der Waals surface area contributed by atoms with E-state index >= 15 is 0 Å². The third kappa shape index (κ3) is 1.86. The number of carbonyl (C=O) groups excluding carboxylic acids is 1. The molecular formula is C10H8Br2O. The van der Waals surface area contributed by atoms with Gasteiger partial charge in [-0.2, -0.15) is 0 Å². The molecular weight excluding hydrogens is 296 g/mol. The van der Waals surface area contributed by atoms with Gasteiger partial charge in [0, 0.05) is 21.8 Å². The van der Waals surface area contributed by atoms with Crippen LogP contribution in [-0.2, 0) is 17.6 Å². The van der Waals surface area contributed by atoms with E-state index in [4.69, 9.17) is 0 Å². The number of hydrogen-bond donors (Lipinski definition) is 0. The smallest absolute Gasteiger partial charge is 0.137 e. The number of halogens is 2. The van der Waals surface area contributed by atoms with Crippen molar-refractivity contribution >= 4 is 37.6 Å². The predicted octanol–water partition coefficient (Wildman–Crippen LogP) is 3.27. The fourth-order valence-electron chi connectivity index (χ4n) is 1.66. The summed E-state index contributed by atoms with van der Waals surface area (Å²) in [5.74, 6) is 0.345. The maximum absolute atomic E-state index is 11.2. The lowest BCUT2D eigenvalue weighted by Gasteiger charge is -2.16. The van der Waals surface area contributed by atoms with Gasteiger partial charge in [0.2, 0.25) is 0 Å². The Morgan fingerprint density at radius 3 is 2.69 bits per heavy atom. The minimum atomic E-state index is 0.345. The molecule has 13 heavy (non-hydrogen) atoms. The van der Waals surface area contributed by atoms with Gasteiger partial charge >= 0.3 is 0 Å². The first kappa shape index (κ1) is 9.41. The zero-order valence-corrected chi connectivity index (χ0v) is 10.1. The molecule has 0 fully saturated rings. The lowest BCUT2D eigenvalue weighted by molar-refractivity contribution is -0.118. The number of fused-ring (bicyclic) bond motifs is 1. The first-order chi connectivity index (χ1) is 6.16. The number of rotatable bonds is 0. The number of hydrogen-bond acceptors (Lipinski definition) is 1. The normalized spacial score (nSPS) is 15.7. The Labute approximate surface area is 93.8 Å². The minimum absolute atomic E-state index is 0.345. The standard InChI is InChI=1S/C10H8Br2O/c11-7-3-6-4-8(13)1-2-9(6)10(12)5-7/h3,5H,1-2,4H2. The van der Waals surface area contributed by atoms with E-state index < -0.39 is 0 Å². The highest BCUT2D eigenvalue weighted by Crippen LogP contribution is 2.30. The van der Waals surface area contributed by atoms with Gasteiger partial charge in [-0.15, -0.1) is 0 Å². The van der Waals surface area contributed by atoms with E-state index in [0.29, 0.717) is 18.6 Å². The number of ketones is 1. The summed E-state index contributed by atoms with van der Waals surface area (Å²) in [7, 11) is 0. The van der Waals surface area contributed by atoms with Gasteiger partial charge in [0.15, 0.2) is 0 Å². The van der Waals surface area contributed by atoms with Crippen LogP contribution >= 0.6 is 31.9 Å². The molecule has 0 saturated heterocycles. The summed E-state index contributed by atoms with van der Waals surface area (Å²) in [6.45, 7) is 0. The van der Waals surface area contributed by atoms with Gasteiger partial charge in [0.1, 0.15) is 5.78 Å². The summed E-state index contributed by atoms with van der Waals surface area (Å²) in [6, 6.07) is 4.08. The zero-order valence-electron chi connectivity index (χ0n) is 6.94. The molecule has 1 nitrogen and oxygen atoms in total. The van der Waals surface area contributed by atoms with Gasteiger partial charge < -0.3 is 0 Å². The number of carbonyl (C=O) groups is 1. The summed E-state index contributed by atoms with van der Waals surface area (Å²) in [6.07, 6.45) is 2.16. The SMILES string of the molecule is O=C1CCc2c(Br)cc(Br)cc2C1. The first-order valence-corrected chi connectivity index (χ1v) is 5.74. The monoisotopic (exact) mass is 302 g/mol. The topological polar surface area (TPSA) is 17.1 Å². The van der Waals surface area contributed by atoms with Crippen LogP contribution < -0.4 is 0 Å². The second-order valence-corrected chi connectivity index (χ2v) is 5.01. The molecule has 0 unspecified atom stereocenters. The van der Waals surface area contributed by atoms with Crippen molar-refractivity contribution in [3.8, 4) is 0 Å². The highest BCUT2D eigenvalue weighted by atomic mass is 79.9. The maximum Gasteiger partial charge on any atom is 0.137 e. The van der Waals surface area contributed by atoms with Crippen LogP contribution in [0.4, 0.5) is 0 Å². The van der Waals surface area contributed by atoms with Crippen molar-refractivity contribution in [2.45, 2.75) is 19.3 Å². The summed E-state index contributed by atoms with van der Waals surface area (Å²) in [4.78, 5) is 11.2. The largest absolute Gasteiger partial charge is 0.299 e. The summed E-state index contributed by atoms with van der Waals surface area (Å²) < 4.78 is 2.15. The molecule has 0 atom stereocenters. The maximum atomic E-state index is 11.2. The molecule has 1 aliphatic carbocycles. The van der Waals surface area contributed by atoms with E-state index in [1.807, 2.05) is 12.1 Å². The van der Waals surface area contributed by atoms with Gasteiger partial charge in [0.05, 0.1) is 0 Å². The molecule has 1 aromatic rings. The Morgan fingerprint density at radius 1 is 1.15 bits per heavy atom. The van der Waals surface area contributed by atoms with Crippen molar-refractivity contribution in [1.82, 2.24) is 0 Å². The fourth-order valence-corrected chi connectivity index (χ4v) is 3.17. The molecule has 0 aliphatic heterocycles. The van der Waals surface area contributed by atoms with Crippen molar-refractivity contribution in [3.05, 3.63) is 32.2 Å². The van der Waals surface area contributed by atoms with Crippen molar-refractivity contribution in [3.63, 3.8) is 0 Å². The van der Waals surface area contributed by atoms with Crippen molar-refractivity contribution in [1.29, 1.82) is 0 Å². The Hall–Kier alpha value is -0.150. The Kier molecular flexibility index (Phi) is 2.56. The average Bonchev–Trinajstić information content (AvgIpc) is 2.02. The molecule has 0 radical (unpaired) electrons. The molecule has 0 N–H and O–H groups in total. The van der Waals surface area contributed by atoms with Crippen molar-refractivity contribution < 1.29 is 4.79 Å². The van der Waals surface area contributed by atoms with E-state index in [1.165, 1.54) is 5.56 Å². The van der Waals surface area contributed by atoms with E-state index in [-0.39, 0.29) is 0 Å². The molecule has 0 amide bonds. The van der Waals surface area contributed by atoms with Crippen LogP contribution in [0.2, 0.25) is 0 Å². The Morgan fingerprint density at radius 2 is 1.92 bits per heavy atom. The number of Topliss-reactive ketones (excluding diaryl/α,β-unsaturated/α-hetero) is 1. The summed E-state index contributed by atoms with van der Waals surface area (Å²) >= 11 is 6.93. The molecule has 3 heteroatoms. The van der Waals surface area contributed by atoms with E-state index in [9.17, 15) is 4.79 Å². The lowest BCUT2D eigenvalue weighted by Crippen LogP contribution is -2.13. The molecule has 1 aliphatic rings. The van der Waals surface area contributed by atoms with Crippen LogP contribution in [0.1, 0.15) is 17.5 Å². The first-order valence-electron chi connectivity index (χ1n) is 4.15. The second kappa shape index (κ2) is 3.54. The van der Waals surface area contributed by atoms with E-state index in [2.05, 4.69) is 31.9 Å². The van der Waals surface area contributed by atoms with Gasteiger partial charge in [-0.05, 0) is 29.7 Å². The Bertz CT molecular complexity index is 371. The highest BCUT2D eigenvalue weighted by Gasteiger charge is 2.17. The third-order valence-electron chi connectivity index (χ3n) is 2.29. The van der Waals surface area contributed by atoms with Crippen LogP contribution in [0, 0.1) is 0 Å². The second-order valence-electron chi connectivity index (χ2n) is 3.24. The van der Waals surface area contributed by atoms with Crippen LogP contribution in [0.5, 0.6) is 0 Å². The van der Waals surface area contributed by atoms with Crippen molar-refractivity contribution in [2.75, 3.05) is 0 Å². The van der Waals surface area contributed by atoms with Crippen molar-refractivity contribution in [2.24, 2.45) is 0 Å². The van der Waals surface area contributed by atoms with Crippen LogP contribution in [-0.4, -0.2) is 5.78 Å². The molecule has 68 valence electrons. The highest BCUT2D eigenvalue weighted by molar-refractivity contribution is 9.11. The summed E-state index contributed by atoms with van der Waals surface area (Å²) in [5, 5.41) is 0. The quantitative estimate of drug-likeness (QED) is 0.719. The average molecular weight is 304 g/mol. The van der Waals surface area contributed by atoms with E-state index in [0.717, 1.165) is 20.9 Å². The zero-order chi connectivity index (χ0) is 9.42. The van der Waals surface area contributed by atoms with Crippen LogP contribution in [0.25, 0.3) is 0 Å². The van der Waals surface area contributed by atoms with E-state index in [1.54, 1.807) is 0 Å². The van der Waals surface area contributed by atoms with Gasteiger partial charge in [-0.25, -0.2) is 0 Å². The molecule has 0 spiro atoms. The summed E-state index contributed by atoms with van der Waals surface area (Å²) in [5.41, 5.74) is 2.46. The number of benzene rings is 1. The van der Waals surface area contributed by atoms with Gasteiger partial charge in [0.25, 0.3) is 0 Å². The third-order valence-corrected chi connectivity index (χ3v) is 3.46. The molecule has 0 bridgehead atoms. The van der Waals surface area contributed by atoms with Crippen LogP contribution in [0.3, 0.4) is 0 Å². The molecule has 0 heterocycles. The molecule has 0 aromatic heterocycles. The van der Waals surface area contributed by atoms with Gasteiger partial charge in [-0.1, -0.05) is 31.9 Å².